The maximum atomic E-state index is 12.4. The van der Waals surface area contributed by atoms with Gasteiger partial charge in [-0.15, -0.1) is 0 Å². The molecule has 0 rings (SSSR count). The third-order valence-corrected chi connectivity index (χ3v) is 5.86. The van der Waals surface area contributed by atoms with Crippen molar-refractivity contribution in [3.8, 4) is 0 Å². The molecule has 37 heavy (non-hydrogen) atoms. The number of quaternary nitrogens is 1. The third kappa shape index (κ3) is 23.2. The molecule has 0 heterocycles. The summed E-state index contributed by atoms with van der Waals surface area (Å²) in [7, 11) is 5.91. The number of unbranched alkanes of at least 4 members (excludes halogenated alkanes) is 10. The molecule has 0 fully saturated rings. The molecule has 0 aliphatic rings. The highest BCUT2D eigenvalue weighted by Crippen LogP contribution is 2.11. The molecule has 2 unspecified atom stereocenters. The van der Waals surface area contributed by atoms with E-state index in [4.69, 9.17) is 18.9 Å². The van der Waals surface area contributed by atoms with Gasteiger partial charge in [-0.1, -0.05) is 78.1 Å². The van der Waals surface area contributed by atoms with Gasteiger partial charge in [0.25, 0.3) is 6.29 Å². The lowest BCUT2D eigenvalue weighted by Crippen LogP contribution is -2.40. The van der Waals surface area contributed by atoms with E-state index in [1.54, 1.807) is 0 Å². The molecule has 0 radical (unpaired) electrons. The van der Waals surface area contributed by atoms with Crippen molar-refractivity contribution < 1.29 is 42.9 Å². The van der Waals surface area contributed by atoms with Crippen molar-refractivity contribution in [3.05, 3.63) is 0 Å². The first-order valence-corrected chi connectivity index (χ1v) is 14.2. The van der Waals surface area contributed by atoms with Gasteiger partial charge < -0.3 is 28.5 Å². The molecule has 0 saturated heterocycles. The van der Waals surface area contributed by atoms with Crippen LogP contribution >= 0.6 is 0 Å². The van der Waals surface area contributed by atoms with Gasteiger partial charge in [-0.2, -0.15) is 0 Å². The summed E-state index contributed by atoms with van der Waals surface area (Å²) in [5.41, 5.74) is 0. The Kier molecular flexibility index (Phi) is 21.3. The summed E-state index contributed by atoms with van der Waals surface area (Å²) in [5.74, 6) is -2.03. The summed E-state index contributed by atoms with van der Waals surface area (Å²) in [6, 6.07) is 0. The molecule has 0 aliphatic carbocycles. The van der Waals surface area contributed by atoms with Gasteiger partial charge in [-0.05, 0) is 12.8 Å². The molecule has 218 valence electrons. The number of esters is 2. The predicted molar refractivity (Wildman–Crippen MR) is 143 cm³/mol. The largest absolute Gasteiger partial charge is 0.477 e. The maximum absolute atomic E-state index is 12.4. The smallest absolute Gasteiger partial charge is 0.361 e. The van der Waals surface area contributed by atoms with Crippen molar-refractivity contribution in [2.75, 3.05) is 47.5 Å². The first-order valence-electron chi connectivity index (χ1n) is 14.2. The minimum atomic E-state index is -1.50. The first kappa shape index (κ1) is 35.3. The second-order valence-corrected chi connectivity index (χ2v) is 10.7. The van der Waals surface area contributed by atoms with E-state index in [0.29, 0.717) is 17.4 Å². The number of likely N-dealkylation sites (N-methyl/N-ethyl adjacent to an activating group) is 1. The third-order valence-electron chi connectivity index (χ3n) is 5.86. The van der Waals surface area contributed by atoms with Gasteiger partial charge in [0.05, 0.1) is 34.4 Å². The van der Waals surface area contributed by atoms with E-state index < -0.39 is 24.3 Å². The molecule has 0 amide bonds. The molecule has 2 atom stereocenters. The average molecular weight is 533 g/mol. The minimum absolute atomic E-state index is 0.179. The Hall–Kier alpha value is -1.71. The SMILES string of the molecule is CCCCCCCCCC(=O)OC(COC(=O)CCCCCCC)COC(OCC[N+](C)(C)C)C(=O)O. The van der Waals surface area contributed by atoms with Crippen molar-refractivity contribution in [1.29, 1.82) is 0 Å². The molecular weight excluding hydrogens is 478 g/mol. The first-order chi connectivity index (χ1) is 17.6. The lowest BCUT2D eigenvalue weighted by Gasteiger charge is -2.25. The van der Waals surface area contributed by atoms with Crippen molar-refractivity contribution in [1.82, 2.24) is 0 Å². The molecule has 1 N–H and O–H groups in total. The van der Waals surface area contributed by atoms with Crippen LogP contribution in [0.2, 0.25) is 0 Å². The molecule has 9 nitrogen and oxygen atoms in total. The number of nitrogens with zero attached hydrogens (tertiary/aromatic N) is 1. The fourth-order valence-corrected chi connectivity index (χ4v) is 3.54. The van der Waals surface area contributed by atoms with E-state index in [1.807, 2.05) is 21.1 Å². The second kappa shape index (κ2) is 22.3. The van der Waals surface area contributed by atoms with Crippen molar-refractivity contribution >= 4 is 17.9 Å². The van der Waals surface area contributed by atoms with Gasteiger partial charge in [0.15, 0.2) is 6.10 Å². The van der Waals surface area contributed by atoms with Gasteiger partial charge in [0, 0.05) is 12.8 Å². The van der Waals surface area contributed by atoms with Gasteiger partial charge in [0.1, 0.15) is 13.2 Å². The number of hydrogen-bond donors (Lipinski definition) is 1. The summed E-state index contributed by atoms with van der Waals surface area (Å²) in [6.45, 7) is 4.68. The lowest BCUT2D eigenvalue weighted by atomic mass is 10.1. The number of carbonyl (C=O) groups excluding carboxylic acids is 2. The van der Waals surface area contributed by atoms with Crippen LogP contribution in [0.15, 0.2) is 0 Å². The van der Waals surface area contributed by atoms with Crippen LogP contribution in [0.1, 0.15) is 104 Å². The molecule has 0 aliphatic heterocycles. The highest BCUT2D eigenvalue weighted by molar-refractivity contribution is 5.71. The van der Waals surface area contributed by atoms with E-state index in [1.165, 1.54) is 25.7 Å². The number of carbonyl (C=O) groups is 3. The fraction of sp³-hybridized carbons (Fsp3) is 0.893. The fourth-order valence-electron chi connectivity index (χ4n) is 3.54. The predicted octanol–water partition coefficient (Wildman–Crippen LogP) is 5.09. The zero-order chi connectivity index (χ0) is 27.9. The molecule has 0 aromatic heterocycles. The van der Waals surface area contributed by atoms with E-state index in [0.717, 1.165) is 51.4 Å². The summed E-state index contributed by atoms with van der Waals surface area (Å²) >= 11 is 0. The van der Waals surface area contributed by atoms with Crippen LogP contribution in [0.5, 0.6) is 0 Å². The highest BCUT2D eigenvalue weighted by Gasteiger charge is 2.25. The molecule has 0 aromatic carbocycles. The summed E-state index contributed by atoms with van der Waals surface area (Å²) in [4.78, 5) is 36.1. The van der Waals surface area contributed by atoms with E-state index in [9.17, 15) is 19.5 Å². The van der Waals surface area contributed by atoms with Crippen LogP contribution in [-0.4, -0.2) is 87.4 Å². The average Bonchev–Trinajstić information content (AvgIpc) is 2.82. The molecule has 9 heteroatoms. The molecule has 0 spiro atoms. The zero-order valence-electron chi connectivity index (χ0n) is 24.1. The Morgan fingerprint density at radius 2 is 1.22 bits per heavy atom. The number of rotatable bonds is 25. The number of aliphatic carboxylic acids is 1. The minimum Gasteiger partial charge on any atom is -0.477 e. The van der Waals surface area contributed by atoms with E-state index in [2.05, 4.69) is 13.8 Å². The van der Waals surface area contributed by atoms with E-state index in [-0.39, 0.29) is 32.2 Å². The monoisotopic (exact) mass is 532 g/mol. The van der Waals surface area contributed by atoms with Crippen LogP contribution in [0.3, 0.4) is 0 Å². The van der Waals surface area contributed by atoms with Crippen LogP contribution in [0, 0.1) is 0 Å². The Morgan fingerprint density at radius 3 is 1.73 bits per heavy atom. The molecule has 0 aromatic rings. The molecular formula is C28H54NO8+. The van der Waals surface area contributed by atoms with Gasteiger partial charge in [-0.3, -0.25) is 9.59 Å². The van der Waals surface area contributed by atoms with Gasteiger partial charge >= 0.3 is 17.9 Å². The van der Waals surface area contributed by atoms with Crippen molar-refractivity contribution in [2.45, 2.75) is 116 Å². The van der Waals surface area contributed by atoms with Crippen molar-refractivity contribution in [3.63, 3.8) is 0 Å². The standard InChI is InChI=1S/C28H53NO8/c1-6-8-10-12-13-15-17-19-26(31)37-24(22-35-25(30)18-16-14-11-9-7-2)23-36-28(27(32)33)34-21-20-29(3,4)5/h24,28H,6-23H2,1-5H3/p+1. The van der Waals surface area contributed by atoms with Crippen LogP contribution in [-0.2, 0) is 33.3 Å². The Labute approximate surface area is 224 Å². The highest BCUT2D eigenvalue weighted by atomic mass is 16.7. The van der Waals surface area contributed by atoms with Crippen LogP contribution in [0.25, 0.3) is 0 Å². The Bertz CT molecular complexity index is 605. The topological polar surface area (TPSA) is 108 Å². The summed E-state index contributed by atoms with van der Waals surface area (Å²) in [6.07, 6.45) is 10.8. The van der Waals surface area contributed by atoms with Crippen LogP contribution < -0.4 is 0 Å². The number of carboxylic acids is 1. The summed E-state index contributed by atoms with van der Waals surface area (Å²) in [5, 5.41) is 9.45. The summed E-state index contributed by atoms with van der Waals surface area (Å²) < 4.78 is 22.2. The normalized spacial score (nSPS) is 13.2. The number of carboxylic acid groups (broad SMARTS) is 1. The quantitative estimate of drug-likeness (QED) is 0.0749. The number of ether oxygens (including phenoxy) is 4. The van der Waals surface area contributed by atoms with Gasteiger partial charge in [0.2, 0.25) is 0 Å². The lowest BCUT2D eigenvalue weighted by molar-refractivity contribution is -0.870. The van der Waals surface area contributed by atoms with Crippen LogP contribution in [0.4, 0.5) is 0 Å². The molecule has 0 bridgehead atoms. The van der Waals surface area contributed by atoms with Gasteiger partial charge in [-0.25, -0.2) is 4.79 Å². The molecule has 0 saturated carbocycles. The Balaban J connectivity index is 4.70. The van der Waals surface area contributed by atoms with E-state index >= 15 is 0 Å². The zero-order valence-corrected chi connectivity index (χ0v) is 24.1. The maximum Gasteiger partial charge on any atom is 0.361 e. The Morgan fingerprint density at radius 1 is 0.703 bits per heavy atom. The number of hydrogen-bond acceptors (Lipinski definition) is 7. The second-order valence-electron chi connectivity index (χ2n) is 10.7. The van der Waals surface area contributed by atoms with Crippen molar-refractivity contribution in [2.24, 2.45) is 0 Å².